The number of carbonyl (C=O) groups is 1. The number of piperazine rings is 1. The molecule has 3 rings (SSSR count). The zero-order chi connectivity index (χ0) is 16.9. The number of benzene rings is 1. The van der Waals surface area contributed by atoms with Crippen LogP contribution in [0.5, 0.6) is 0 Å². The fraction of sp³-hybridized carbons (Fsp3) is 0.526. The molecule has 0 unspecified atom stereocenters. The quantitative estimate of drug-likeness (QED) is 0.842. The topological polar surface area (TPSA) is 35.6 Å². The van der Waals surface area contributed by atoms with E-state index in [0.29, 0.717) is 5.02 Å². The molecular formula is C19H26ClN3O. The van der Waals surface area contributed by atoms with E-state index in [1.807, 2.05) is 18.2 Å². The van der Waals surface area contributed by atoms with Gasteiger partial charge in [0.15, 0.2) is 0 Å². The highest BCUT2D eigenvalue weighted by Crippen LogP contribution is 2.31. The molecule has 5 heteroatoms. The molecule has 1 aromatic rings. The van der Waals surface area contributed by atoms with Gasteiger partial charge in [-0.05, 0) is 44.0 Å². The van der Waals surface area contributed by atoms with Gasteiger partial charge in [0.1, 0.15) is 0 Å². The average Bonchev–Trinajstić information content (AvgIpc) is 2.63. The van der Waals surface area contributed by atoms with Crippen LogP contribution in [0.3, 0.4) is 0 Å². The van der Waals surface area contributed by atoms with Crippen molar-refractivity contribution in [3.8, 4) is 0 Å². The van der Waals surface area contributed by atoms with Crippen molar-refractivity contribution in [2.24, 2.45) is 5.92 Å². The van der Waals surface area contributed by atoms with Crippen LogP contribution in [0, 0.1) is 5.92 Å². The summed E-state index contributed by atoms with van der Waals surface area (Å²) in [6.45, 7) is 7.35. The number of halogens is 1. The van der Waals surface area contributed by atoms with Gasteiger partial charge in [-0.3, -0.25) is 4.79 Å². The highest BCUT2D eigenvalue weighted by atomic mass is 35.5. The fourth-order valence-corrected chi connectivity index (χ4v) is 3.63. The van der Waals surface area contributed by atoms with E-state index in [-0.39, 0.29) is 11.8 Å². The van der Waals surface area contributed by atoms with Crippen LogP contribution in [0.1, 0.15) is 26.2 Å². The molecule has 0 saturated carbocycles. The van der Waals surface area contributed by atoms with Crippen molar-refractivity contribution < 1.29 is 4.79 Å². The molecule has 0 bridgehead atoms. The van der Waals surface area contributed by atoms with E-state index in [1.54, 1.807) is 0 Å². The standard InChI is InChI=1S/C19H26ClN3O/c1-2-22-10-12-23(13-11-22)18-9-8-16(20)14-17(18)21-19(24)15-6-4-3-5-7-15/h3-4,8-9,14-15H,2,5-7,10-13H2,1H3,(H,21,24)/t15-/m0/s1. The number of allylic oxidation sites excluding steroid dienone is 2. The molecule has 1 aliphatic carbocycles. The molecule has 2 aliphatic rings. The SMILES string of the molecule is CCN1CCN(c2ccc(Cl)cc2NC(=O)[C@H]2CC=CCC2)CC1. The van der Waals surface area contributed by atoms with Crippen LogP contribution in [0.15, 0.2) is 30.4 Å². The van der Waals surface area contributed by atoms with Gasteiger partial charge in [-0.25, -0.2) is 0 Å². The minimum atomic E-state index is 0.0683. The van der Waals surface area contributed by atoms with Crippen LogP contribution in [0.25, 0.3) is 0 Å². The van der Waals surface area contributed by atoms with Crippen LogP contribution >= 0.6 is 11.6 Å². The molecule has 1 atom stereocenters. The van der Waals surface area contributed by atoms with E-state index in [2.05, 4.69) is 34.2 Å². The molecule has 130 valence electrons. The number of rotatable bonds is 4. The Morgan fingerprint density at radius 3 is 2.71 bits per heavy atom. The van der Waals surface area contributed by atoms with E-state index in [1.165, 1.54) is 0 Å². The molecule has 0 radical (unpaired) electrons. The Morgan fingerprint density at radius 2 is 2.04 bits per heavy atom. The van der Waals surface area contributed by atoms with Crippen molar-refractivity contribution in [2.45, 2.75) is 26.2 Å². The lowest BCUT2D eigenvalue weighted by Crippen LogP contribution is -2.46. The first-order valence-electron chi connectivity index (χ1n) is 8.90. The van der Waals surface area contributed by atoms with E-state index in [9.17, 15) is 4.79 Å². The van der Waals surface area contributed by atoms with E-state index in [4.69, 9.17) is 11.6 Å². The average molecular weight is 348 g/mol. The minimum Gasteiger partial charge on any atom is -0.367 e. The summed E-state index contributed by atoms with van der Waals surface area (Å²) < 4.78 is 0. The van der Waals surface area contributed by atoms with Crippen molar-refractivity contribution >= 4 is 28.9 Å². The number of nitrogens with one attached hydrogen (secondary N) is 1. The largest absolute Gasteiger partial charge is 0.367 e. The summed E-state index contributed by atoms with van der Waals surface area (Å²) in [6, 6.07) is 5.81. The van der Waals surface area contributed by atoms with Gasteiger partial charge in [-0.15, -0.1) is 0 Å². The van der Waals surface area contributed by atoms with Crippen LogP contribution < -0.4 is 10.2 Å². The molecule has 24 heavy (non-hydrogen) atoms. The van der Waals surface area contributed by atoms with Crippen molar-refractivity contribution in [1.29, 1.82) is 0 Å². The minimum absolute atomic E-state index is 0.0683. The summed E-state index contributed by atoms with van der Waals surface area (Å²) in [6.07, 6.45) is 7.00. The van der Waals surface area contributed by atoms with Gasteiger partial charge in [0.25, 0.3) is 0 Å². The third kappa shape index (κ3) is 4.11. The second kappa shape index (κ2) is 8.04. The summed E-state index contributed by atoms with van der Waals surface area (Å²) in [4.78, 5) is 17.4. The number of likely N-dealkylation sites (N-methyl/N-ethyl adjacent to an activating group) is 1. The number of anilines is 2. The molecular weight excluding hydrogens is 322 g/mol. The molecule has 1 fully saturated rings. The predicted molar refractivity (Wildman–Crippen MR) is 101 cm³/mol. The smallest absolute Gasteiger partial charge is 0.227 e. The molecule has 4 nitrogen and oxygen atoms in total. The van der Waals surface area contributed by atoms with Gasteiger partial charge in [0.05, 0.1) is 11.4 Å². The van der Waals surface area contributed by atoms with E-state index in [0.717, 1.165) is 63.4 Å². The number of carbonyl (C=O) groups excluding carboxylic acids is 1. The molecule has 1 N–H and O–H groups in total. The van der Waals surface area contributed by atoms with E-state index < -0.39 is 0 Å². The Morgan fingerprint density at radius 1 is 1.25 bits per heavy atom. The number of nitrogens with zero attached hydrogens (tertiary/aromatic N) is 2. The maximum Gasteiger partial charge on any atom is 0.227 e. The van der Waals surface area contributed by atoms with Gasteiger partial charge in [-0.1, -0.05) is 30.7 Å². The second-order valence-electron chi connectivity index (χ2n) is 6.55. The van der Waals surface area contributed by atoms with Crippen LogP contribution in [0.4, 0.5) is 11.4 Å². The number of hydrogen-bond donors (Lipinski definition) is 1. The first kappa shape index (κ1) is 17.3. The maximum absolute atomic E-state index is 12.6. The summed E-state index contributed by atoms with van der Waals surface area (Å²) in [5.41, 5.74) is 1.92. The first-order chi connectivity index (χ1) is 11.7. The molecule has 0 spiro atoms. The maximum atomic E-state index is 12.6. The zero-order valence-corrected chi connectivity index (χ0v) is 15.1. The van der Waals surface area contributed by atoms with Crippen molar-refractivity contribution in [3.63, 3.8) is 0 Å². The van der Waals surface area contributed by atoms with Gasteiger partial charge < -0.3 is 15.1 Å². The van der Waals surface area contributed by atoms with Gasteiger partial charge in [-0.2, -0.15) is 0 Å². The highest BCUT2D eigenvalue weighted by Gasteiger charge is 2.22. The first-order valence-corrected chi connectivity index (χ1v) is 9.28. The summed E-state index contributed by atoms with van der Waals surface area (Å²) >= 11 is 6.18. The normalized spacial score (nSPS) is 21.8. The predicted octanol–water partition coefficient (Wildman–Crippen LogP) is 3.78. The molecule has 1 heterocycles. The Balaban J connectivity index is 1.73. The van der Waals surface area contributed by atoms with Gasteiger partial charge >= 0.3 is 0 Å². The summed E-state index contributed by atoms with van der Waals surface area (Å²) in [5, 5.41) is 3.79. The van der Waals surface area contributed by atoms with Crippen molar-refractivity contribution in [1.82, 2.24) is 4.90 Å². The third-order valence-electron chi connectivity index (χ3n) is 5.02. The summed E-state index contributed by atoms with van der Waals surface area (Å²) in [7, 11) is 0. The van der Waals surface area contributed by atoms with Gasteiger partial charge in [0, 0.05) is 37.1 Å². The van der Waals surface area contributed by atoms with Crippen LogP contribution in [0.2, 0.25) is 5.02 Å². The van der Waals surface area contributed by atoms with Crippen molar-refractivity contribution in [2.75, 3.05) is 42.9 Å². The van der Waals surface area contributed by atoms with Gasteiger partial charge in [0.2, 0.25) is 5.91 Å². The lowest BCUT2D eigenvalue weighted by molar-refractivity contribution is -0.120. The fourth-order valence-electron chi connectivity index (χ4n) is 3.46. The molecule has 1 aliphatic heterocycles. The zero-order valence-electron chi connectivity index (χ0n) is 14.3. The molecule has 0 aromatic heterocycles. The van der Waals surface area contributed by atoms with Crippen LogP contribution in [-0.2, 0) is 4.79 Å². The second-order valence-corrected chi connectivity index (χ2v) is 6.99. The lowest BCUT2D eigenvalue weighted by atomic mass is 9.93. The Hall–Kier alpha value is -1.52. The summed E-state index contributed by atoms with van der Waals surface area (Å²) in [5.74, 6) is 0.175. The molecule has 1 aromatic carbocycles. The lowest BCUT2D eigenvalue weighted by Gasteiger charge is -2.36. The van der Waals surface area contributed by atoms with E-state index >= 15 is 0 Å². The third-order valence-corrected chi connectivity index (χ3v) is 5.25. The van der Waals surface area contributed by atoms with Crippen LogP contribution in [-0.4, -0.2) is 43.5 Å². The number of amides is 1. The number of hydrogen-bond acceptors (Lipinski definition) is 3. The highest BCUT2D eigenvalue weighted by molar-refractivity contribution is 6.31. The Kier molecular flexibility index (Phi) is 5.80. The van der Waals surface area contributed by atoms with Crippen molar-refractivity contribution in [3.05, 3.63) is 35.4 Å². The Labute approximate surface area is 149 Å². The monoisotopic (exact) mass is 347 g/mol. The molecule has 1 saturated heterocycles. The Bertz CT molecular complexity index is 609. The molecule has 1 amide bonds.